The maximum absolute atomic E-state index is 8.61. The Morgan fingerprint density at radius 1 is 1.27 bits per heavy atom. The van der Waals surface area contributed by atoms with Gasteiger partial charge in [0.25, 0.3) is 0 Å². The quantitative estimate of drug-likeness (QED) is 0.725. The summed E-state index contributed by atoms with van der Waals surface area (Å²) < 4.78 is 5.53. The third-order valence-electron chi connectivity index (χ3n) is 2.06. The average Bonchev–Trinajstić information content (AvgIpc) is 2.28. The van der Waals surface area contributed by atoms with Crippen LogP contribution >= 0.6 is 0 Å². The monoisotopic (exact) mass is 206 g/mol. The fourth-order valence-electron chi connectivity index (χ4n) is 1.20. The molecule has 0 aliphatic heterocycles. The molecule has 0 spiro atoms. The molecule has 1 aromatic rings. The minimum atomic E-state index is 0.0781. The van der Waals surface area contributed by atoms with Crippen LogP contribution in [-0.2, 0) is 0 Å². The molecule has 0 aromatic heterocycles. The second kappa shape index (κ2) is 7.07. The second-order valence-electron chi connectivity index (χ2n) is 3.36. The highest BCUT2D eigenvalue weighted by Crippen LogP contribution is 2.13. The molecule has 0 atom stereocenters. The first kappa shape index (κ1) is 11.8. The van der Waals surface area contributed by atoms with Gasteiger partial charge in [0, 0.05) is 0 Å². The van der Waals surface area contributed by atoms with Gasteiger partial charge in [-0.3, -0.25) is 0 Å². The Hall–Kier alpha value is -1.28. The van der Waals surface area contributed by atoms with Crippen molar-refractivity contribution < 1.29 is 9.84 Å². The van der Waals surface area contributed by atoms with Crippen LogP contribution in [0.15, 0.2) is 30.3 Å². The zero-order chi connectivity index (χ0) is 10.9. The van der Waals surface area contributed by atoms with E-state index in [4.69, 9.17) is 9.84 Å². The Morgan fingerprint density at radius 2 is 2.00 bits per heavy atom. The van der Waals surface area contributed by atoms with Gasteiger partial charge in [-0.2, -0.15) is 0 Å². The molecule has 1 rings (SSSR count). The maximum atomic E-state index is 8.61. The lowest BCUT2D eigenvalue weighted by molar-refractivity contribution is 0.309. The fraction of sp³-hybridized carbons (Fsp3) is 0.385. The van der Waals surface area contributed by atoms with E-state index in [2.05, 4.69) is 6.92 Å². The fourth-order valence-corrected chi connectivity index (χ4v) is 1.20. The largest absolute Gasteiger partial charge is 0.494 e. The molecule has 1 aromatic carbocycles. The Labute approximate surface area is 91.2 Å². The third-order valence-corrected chi connectivity index (χ3v) is 2.06. The van der Waals surface area contributed by atoms with E-state index < -0.39 is 0 Å². The summed E-state index contributed by atoms with van der Waals surface area (Å²) in [5, 5.41) is 8.61. The highest BCUT2D eigenvalue weighted by molar-refractivity contribution is 5.50. The first-order chi connectivity index (χ1) is 7.36. The average molecular weight is 206 g/mol. The van der Waals surface area contributed by atoms with Gasteiger partial charge < -0.3 is 9.84 Å². The van der Waals surface area contributed by atoms with Crippen LogP contribution < -0.4 is 4.74 Å². The van der Waals surface area contributed by atoms with E-state index in [1.807, 2.05) is 30.3 Å². The van der Waals surface area contributed by atoms with Crippen LogP contribution in [0.2, 0.25) is 0 Å². The molecule has 0 fully saturated rings. The SMILES string of the molecule is CCCCOc1ccc(/C=C/CO)cc1. The molecule has 15 heavy (non-hydrogen) atoms. The number of rotatable bonds is 6. The Balaban J connectivity index is 2.45. The highest BCUT2D eigenvalue weighted by Gasteiger charge is 1.92. The molecule has 0 heterocycles. The molecule has 0 saturated heterocycles. The molecule has 1 N–H and O–H groups in total. The number of hydrogen-bond donors (Lipinski definition) is 1. The number of benzene rings is 1. The van der Waals surface area contributed by atoms with Crippen LogP contribution in [0.25, 0.3) is 6.08 Å². The van der Waals surface area contributed by atoms with Crippen molar-refractivity contribution >= 4 is 6.08 Å². The van der Waals surface area contributed by atoms with Crippen LogP contribution in [0.5, 0.6) is 5.75 Å². The van der Waals surface area contributed by atoms with Gasteiger partial charge in [-0.05, 0) is 24.1 Å². The van der Waals surface area contributed by atoms with Crippen LogP contribution in [0.1, 0.15) is 25.3 Å². The van der Waals surface area contributed by atoms with Gasteiger partial charge in [0.15, 0.2) is 0 Å². The molecular weight excluding hydrogens is 188 g/mol. The predicted octanol–water partition coefficient (Wildman–Crippen LogP) is 2.87. The molecule has 0 aliphatic carbocycles. The van der Waals surface area contributed by atoms with Crippen molar-refractivity contribution in [2.24, 2.45) is 0 Å². The third kappa shape index (κ3) is 4.66. The van der Waals surface area contributed by atoms with Crippen LogP contribution in [-0.4, -0.2) is 18.3 Å². The lowest BCUT2D eigenvalue weighted by atomic mass is 10.2. The molecule has 0 radical (unpaired) electrons. The summed E-state index contributed by atoms with van der Waals surface area (Å²) in [7, 11) is 0. The second-order valence-corrected chi connectivity index (χ2v) is 3.36. The highest BCUT2D eigenvalue weighted by atomic mass is 16.5. The summed E-state index contributed by atoms with van der Waals surface area (Å²) >= 11 is 0. The van der Waals surface area contributed by atoms with E-state index in [9.17, 15) is 0 Å². The van der Waals surface area contributed by atoms with Crippen molar-refractivity contribution in [1.82, 2.24) is 0 Å². The van der Waals surface area contributed by atoms with Gasteiger partial charge in [0.05, 0.1) is 13.2 Å². The van der Waals surface area contributed by atoms with Crippen LogP contribution in [0.3, 0.4) is 0 Å². The summed E-state index contributed by atoms with van der Waals surface area (Å²) in [6.45, 7) is 3.00. The number of hydrogen-bond acceptors (Lipinski definition) is 2. The Kier molecular flexibility index (Phi) is 5.56. The van der Waals surface area contributed by atoms with Gasteiger partial charge in [-0.25, -0.2) is 0 Å². The van der Waals surface area contributed by atoms with E-state index >= 15 is 0 Å². The molecule has 0 saturated carbocycles. The van der Waals surface area contributed by atoms with E-state index in [-0.39, 0.29) is 6.61 Å². The topological polar surface area (TPSA) is 29.5 Å². The molecule has 0 unspecified atom stereocenters. The van der Waals surface area contributed by atoms with Gasteiger partial charge in [0.2, 0.25) is 0 Å². The first-order valence-electron chi connectivity index (χ1n) is 5.37. The Bertz CT molecular complexity index is 288. The minimum Gasteiger partial charge on any atom is -0.494 e. The first-order valence-corrected chi connectivity index (χ1v) is 5.37. The summed E-state index contributed by atoms with van der Waals surface area (Å²) in [6.07, 6.45) is 5.84. The van der Waals surface area contributed by atoms with Gasteiger partial charge in [0.1, 0.15) is 5.75 Å². The zero-order valence-electron chi connectivity index (χ0n) is 9.15. The molecule has 2 nitrogen and oxygen atoms in total. The normalized spacial score (nSPS) is 10.8. The van der Waals surface area contributed by atoms with E-state index in [0.717, 1.165) is 30.8 Å². The van der Waals surface area contributed by atoms with Gasteiger partial charge in [-0.1, -0.05) is 37.6 Å². The molecule has 0 amide bonds. The number of unbranched alkanes of at least 4 members (excludes halogenated alkanes) is 1. The molecule has 0 aliphatic rings. The zero-order valence-corrected chi connectivity index (χ0v) is 9.15. The van der Waals surface area contributed by atoms with Crippen molar-refractivity contribution in [2.45, 2.75) is 19.8 Å². The number of aliphatic hydroxyl groups is 1. The van der Waals surface area contributed by atoms with E-state index in [1.165, 1.54) is 0 Å². The summed E-state index contributed by atoms with van der Waals surface area (Å²) in [5.41, 5.74) is 1.08. The summed E-state index contributed by atoms with van der Waals surface area (Å²) in [5.74, 6) is 0.907. The van der Waals surface area contributed by atoms with Gasteiger partial charge >= 0.3 is 0 Å². The molecule has 82 valence electrons. The van der Waals surface area contributed by atoms with Crippen LogP contribution in [0.4, 0.5) is 0 Å². The van der Waals surface area contributed by atoms with Crippen molar-refractivity contribution in [3.8, 4) is 5.75 Å². The van der Waals surface area contributed by atoms with Crippen LogP contribution in [0, 0.1) is 0 Å². The van der Waals surface area contributed by atoms with Crippen molar-refractivity contribution in [3.63, 3.8) is 0 Å². The van der Waals surface area contributed by atoms with E-state index in [0.29, 0.717) is 0 Å². The van der Waals surface area contributed by atoms with Gasteiger partial charge in [-0.15, -0.1) is 0 Å². The maximum Gasteiger partial charge on any atom is 0.119 e. The molecule has 0 bridgehead atoms. The molecule has 2 heteroatoms. The number of ether oxygens (including phenoxy) is 1. The minimum absolute atomic E-state index is 0.0781. The van der Waals surface area contributed by atoms with Crippen molar-refractivity contribution in [1.29, 1.82) is 0 Å². The lowest BCUT2D eigenvalue weighted by Gasteiger charge is -2.04. The molecular formula is C13H18O2. The predicted molar refractivity (Wildman–Crippen MR) is 63.0 cm³/mol. The Morgan fingerprint density at radius 3 is 2.60 bits per heavy atom. The number of aliphatic hydroxyl groups excluding tert-OH is 1. The van der Waals surface area contributed by atoms with Crippen molar-refractivity contribution in [3.05, 3.63) is 35.9 Å². The summed E-state index contributed by atoms with van der Waals surface area (Å²) in [6, 6.07) is 7.86. The standard InChI is InChI=1S/C13H18O2/c1-2-3-11-15-13-8-6-12(7-9-13)5-4-10-14/h4-9,14H,2-3,10-11H2,1H3/b5-4+. The lowest BCUT2D eigenvalue weighted by Crippen LogP contribution is -1.95. The smallest absolute Gasteiger partial charge is 0.119 e. The summed E-state index contributed by atoms with van der Waals surface area (Å²) in [4.78, 5) is 0. The van der Waals surface area contributed by atoms with Crippen molar-refractivity contribution in [2.75, 3.05) is 13.2 Å². The van der Waals surface area contributed by atoms with E-state index in [1.54, 1.807) is 6.08 Å².